The maximum absolute atomic E-state index is 12.2. The molecule has 0 bridgehead atoms. The van der Waals surface area contributed by atoms with Crippen molar-refractivity contribution in [3.8, 4) is 0 Å². The molecule has 1 N–H and O–H groups in total. The Morgan fingerprint density at radius 2 is 2.30 bits per heavy atom. The van der Waals surface area contributed by atoms with Crippen molar-refractivity contribution in [2.24, 2.45) is 0 Å². The van der Waals surface area contributed by atoms with Gasteiger partial charge in [0.05, 0.1) is 12.6 Å². The number of rotatable bonds is 4. The number of methoxy groups -OCH3 is 1. The molecule has 1 aliphatic heterocycles. The van der Waals surface area contributed by atoms with Crippen LogP contribution < -0.4 is 0 Å². The molecule has 110 valence electrons. The normalized spacial score (nSPS) is 22.8. The van der Waals surface area contributed by atoms with E-state index in [-0.39, 0.29) is 30.9 Å². The largest absolute Gasteiger partial charge is 0.479 e. The van der Waals surface area contributed by atoms with Crippen molar-refractivity contribution in [2.45, 2.75) is 25.7 Å². The van der Waals surface area contributed by atoms with Gasteiger partial charge in [-0.1, -0.05) is 5.16 Å². The van der Waals surface area contributed by atoms with Crippen molar-refractivity contribution >= 4 is 11.9 Å². The molecular formula is C12H16N2O6. The van der Waals surface area contributed by atoms with Gasteiger partial charge in [-0.25, -0.2) is 4.79 Å². The van der Waals surface area contributed by atoms with Gasteiger partial charge in [-0.2, -0.15) is 0 Å². The predicted octanol–water partition coefficient (Wildman–Crippen LogP) is 0.135. The highest BCUT2D eigenvalue weighted by atomic mass is 16.5. The average molecular weight is 284 g/mol. The first kappa shape index (κ1) is 14.5. The highest BCUT2D eigenvalue weighted by Crippen LogP contribution is 2.15. The van der Waals surface area contributed by atoms with E-state index >= 15 is 0 Å². The number of carboxylic acid groups (broad SMARTS) is 1. The lowest BCUT2D eigenvalue weighted by molar-refractivity contribution is -0.160. The first-order valence-electron chi connectivity index (χ1n) is 6.13. The highest BCUT2D eigenvalue weighted by Gasteiger charge is 2.33. The minimum absolute atomic E-state index is 0.00895. The fourth-order valence-electron chi connectivity index (χ4n) is 2.04. The molecule has 1 aromatic heterocycles. The first-order valence-corrected chi connectivity index (χ1v) is 6.13. The van der Waals surface area contributed by atoms with E-state index in [1.807, 2.05) is 0 Å². The number of amides is 1. The number of hydrogen-bond acceptors (Lipinski definition) is 6. The van der Waals surface area contributed by atoms with Gasteiger partial charge < -0.3 is 24.0 Å². The molecule has 8 nitrogen and oxygen atoms in total. The summed E-state index contributed by atoms with van der Waals surface area (Å²) < 4.78 is 15.1. The molecular weight excluding hydrogens is 268 g/mol. The summed E-state index contributed by atoms with van der Waals surface area (Å²) in [4.78, 5) is 24.6. The summed E-state index contributed by atoms with van der Waals surface area (Å²) in [6.45, 7) is 2.24. The zero-order valence-electron chi connectivity index (χ0n) is 11.2. The fourth-order valence-corrected chi connectivity index (χ4v) is 2.04. The van der Waals surface area contributed by atoms with Gasteiger partial charge >= 0.3 is 5.97 Å². The van der Waals surface area contributed by atoms with Gasteiger partial charge in [-0.05, 0) is 6.92 Å². The van der Waals surface area contributed by atoms with Crippen LogP contribution in [-0.4, -0.2) is 59.4 Å². The van der Waals surface area contributed by atoms with Crippen molar-refractivity contribution < 1.29 is 28.7 Å². The number of hydrogen-bond donors (Lipinski definition) is 1. The van der Waals surface area contributed by atoms with Gasteiger partial charge in [0.1, 0.15) is 6.61 Å². The van der Waals surface area contributed by atoms with Gasteiger partial charge in [0, 0.05) is 19.7 Å². The molecule has 2 rings (SSSR count). The van der Waals surface area contributed by atoms with E-state index in [4.69, 9.17) is 19.1 Å². The minimum atomic E-state index is -1.09. The van der Waals surface area contributed by atoms with E-state index in [1.54, 1.807) is 6.92 Å². The molecule has 1 amide bonds. The summed E-state index contributed by atoms with van der Waals surface area (Å²) in [6.07, 6.45) is -1.37. The van der Waals surface area contributed by atoms with Crippen LogP contribution in [0.15, 0.2) is 10.6 Å². The van der Waals surface area contributed by atoms with Crippen molar-refractivity contribution in [3.05, 3.63) is 17.5 Å². The lowest BCUT2D eigenvalue weighted by atomic mass is 10.2. The Kier molecular flexibility index (Phi) is 4.35. The number of aromatic nitrogens is 1. The van der Waals surface area contributed by atoms with Crippen LogP contribution in [0.4, 0.5) is 0 Å². The van der Waals surface area contributed by atoms with Gasteiger partial charge in [0.25, 0.3) is 5.91 Å². The van der Waals surface area contributed by atoms with Gasteiger partial charge in [0.15, 0.2) is 17.6 Å². The summed E-state index contributed by atoms with van der Waals surface area (Å²) in [7, 11) is 1.51. The predicted molar refractivity (Wildman–Crippen MR) is 65.1 cm³/mol. The third-order valence-corrected chi connectivity index (χ3v) is 2.89. The van der Waals surface area contributed by atoms with Crippen molar-refractivity contribution in [1.29, 1.82) is 0 Å². The molecule has 1 aliphatic rings. The quantitative estimate of drug-likeness (QED) is 0.838. The topological polar surface area (TPSA) is 102 Å². The van der Waals surface area contributed by atoms with Crippen LogP contribution in [0.2, 0.25) is 0 Å². The Morgan fingerprint density at radius 3 is 2.95 bits per heavy atom. The molecule has 0 aromatic carbocycles. The molecule has 20 heavy (non-hydrogen) atoms. The standard InChI is InChI=1S/C12H16N2O6/c1-7-4-14(5-10(19-7)12(16)17)11(15)9-3-8(6-18-2)20-13-9/h3,7,10H,4-6H2,1-2H3,(H,16,17)/t7-,10?/m1/s1. The SMILES string of the molecule is COCc1cc(C(=O)N2CC(C(=O)O)O[C@H](C)C2)no1. The smallest absolute Gasteiger partial charge is 0.334 e. The van der Waals surface area contributed by atoms with Crippen LogP contribution in [0.3, 0.4) is 0 Å². The Hall–Kier alpha value is -1.93. The van der Waals surface area contributed by atoms with Crippen LogP contribution in [-0.2, 0) is 20.9 Å². The first-order chi connectivity index (χ1) is 9.51. The van der Waals surface area contributed by atoms with Crippen molar-refractivity contribution in [1.82, 2.24) is 10.1 Å². The monoisotopic (exact) mass is 284 g/mol. The molecule has 2 heterocycles. The van der Waals surface area contributed by atoms with Crippen LogP contribution in [0, 0.1) is 0 Å². The molecule has 0 spiro atoms. The molecule has 1 fully saturated rings. The third kappa shape index (κ3) is 3.14. The zero-order chi connectivity index (χ0) is 14.7. The fraction of sp³-hybridized carbons (Fsp3) is 0.583. The third-order valence-electron chi connectivity index (χ3n) is 2.89. The number of nitrogens with zero attached hydrogens (tertiary/aromatic N) is 2. The number of carbonyl (C=O) groups is 2. The van der Waals surface area contributed by atoms with Crippen molar-refractivity contribution in [2.75, 3.05) is 20.2 Å². The lowest BCUT2D eigenvalue weighted by Gasteiger charge is -2.34. The summed E-state index contributed by atoms with van der Waals surface area (Å²) in [6, 6.07) is 1.49. The minimum Gasteiger partial charge on any atom is -0.479 e. The highest BCUT2D eigenvalue weighted by molar-refractivity contribution is 5.92. The number of carbonyl (C=O) groups excluding carboxylic acids is 1. The zero-order valence-corrected chi connectivity index (χ0v) is 11.2. The van der Waals surface area contributed by atoms with E-state index in [0.717, 1.165) is 0 Å². The van der Waals surface area contributed by atoms with E-state index in [1.165, 1.54) is 18.1 Å². The second kappa shape index (κ2) is 6.02. The van der Waals surface area contributed by atoms with Crippen molar-refractivity contribution in [3.63, 3.8) is 0 Å². The Labute approximate surface area is 115 Å². The van der Waals surface area contributed by atoms with Gasteiger partial charge in [-0.3, -0.25) is 4.79 Å². The van der Waals surface area contributed by atoms with Crippen LogP contribution in [0.25, 0.3) is 0 Å². The molecule has 1 unspecified atom stereocenters. The Balaban J connectivity index is 2.08. The molecule has 1 aromatic rings. The Bertz CT molecular complexity index is 500. The maximum atomic E-state index is 12.2. The van der Waals surface area contributed by atoms with Crippen LogP contribution in [0.5, 0.6) is 0 Å². The molecule has 1 saturated heterocycles. The van der Waals surface area contributed by atoms with Gasteiger partial charge in [-0.15, -0.1) is 0 Å². The maximum Gasteiger partial charge on any atom is 0.334 e. The van der Waals surface area contributed by atoms with E-state index < -0.39 is 12.1 Å². The van der Waals surface area contributed by atoms with E-state index in [0.29, 0.717) is 12.3 Å². The van der Waals surface area contributed by atoms with Crippen LogP contribution >= 0.6 is 0 Å². The average Bonchev–Trinajstić information content (AvgIpc) is 2.86. The molecule has 0 radical (unpaired) electrons. The summed E-state index contributed by atoms with van der Waals surface area (Å²) in [5, 5.41) is 12.7. The lowest BCUT2D eigenvalue weighted by Crippen LogP contribution is -2.51. The van der Waals surface area contributed by atoms with E-state index in [2.05, 4.69) is 5.16 Å². The molecule has 0 saturated carbocycles. The molecule has 8 heteroatoms. The molecule has 2 atom stereocenters. The second-order valence-electron chi connectivity index (χ2n) is 4.60. The second-order valence-corrected chi connectivity index (χ2v) is 4.60. The molecule has 0 aliphatic carbocycles. The van der Waals surface area contributed by atoms with Gasteiger partial charge in [0.2, 0.25) is 0 Å². The Morgan fingerprint density at radius 1 is 1.55 bits per heavy atom. The summed E-state index contributed by atoms with van der Waals surface area (Å²) in [5.74, 6) is -1.03. The van der Waals surface area contributed by atoms with E-state index in [9.17, 15) is 9.59 Å². The summed E-state index contributed by atoms with van der Waals surface area (Å²) >= 11 is 0. The number of aliphatic carboxylic acids is 1. The number of ether oxygens (including phenoxy) is 2. The number of carboxylic acids is 1. The number of morpholine rings is 1. The van der Waals surface area contributed by atoms with Crippen LogP contribution in [0.1, 0.15) is 23.2 Å². The summed E-state index contributed by atoms with van der Waals surface area (Å²) in [5.41, 5.74) is 0.135.